The van der Waals surface area contributed by atoms with E-state index in [9.17, 15) is 0 Å². The molecule has 0 amide bonds. The average molecular weight is 226 g/mol. The molecule has 1 rings (SSSR count). The van der Waals surface area contributed by atoms with Crippen LogP contribution in [0.4, 0.5) is 0 Å². The summed E-state index contributed by atoms with van der Waals surface area (Å²) in [5.41, 5.74) is 2.55. The summed E-state index contributed by atoms with van der Waals surface area (Å²) < 4.78 is 0. The first-order chi connectivity index (χ1) is 7.20. The Morgan fingerprint density at radius 2 is 2.07 bits per heavy atom. The largest absolute Gasteiger partial charge is 0.310 e. The van der Waals surface area contributed by atoms with Crippen molar-refractivity contribution < 1.29 is 0 Å². The van der Waals surface area contributed by atoms with Gasteiger partial charge in [-0.15, -0.1) is 0 Å². The van der Waals surface area contributed by atoms with E-state index in [1.807, 2.05) is 12.1 Å². The van der Waals surface area contributed by atoms with Crippen LogP contribution in [0.2, 0.25) is 5.02 Å². The molecule has 1 nitrogen and oxygen atoms in total. The third-order valence-electron chi connectivity index (χ3n) is 2.71. The fourth-order valence-electron chi connectivity index (χ4n) is 1.90. The van der Waals surface area contributed by atoms with Crippen LogP contribution < -0.4 is 5.32 Å². The summed E-state index contributed by atoms with van der Waals surface area (Å²) in [7, 11) is 0. The predicted molar refractivity (Wildman–Crippen MR) is 67.5 cm³/mol. The monoisotopic (exact) mass is 225 g/mol. The summed E-state index contributed by atoms with van der Waals surface area (Å²) in [4.78, 5) is 0. The molecule has 1 aromatic carbocycles. The van der Waals surface area contributed by atoms with Crippen LogP contribution >= 0.6 is 11.6 Å². The SMILES string of the molecule is CCCC(NCC)c1cccc(Cl)c1C. The van der Waals surface area contributed by atoms with E-state index in [1.54, 1.807) is 0 Å². The molecule has 0 fully saturated rings. The topological polar surface area (TPSA) is 12.0 Å². The van der Waals surface area contributed by atoms with Gasteiger partial charge in [0.1, 0.15) is 0 Å². The highest BCUT2D eigenvalue weighted by Gasteiger charge is 2.12. The van der Waals surface area contributed by atoms with Crippen molar-refractivity contribution in [2.45, 2.75) is 39.7 Å². The Hall–Kier alpha value is -0.530. The Morgan fingerprint density at radius 3 is 2.67 bits per heavy atom. The number of halogens is 1. The number of nitrogens with one attached hydrogen (secondary N) is 1. The molecule has 0 saturated carbocycles. The van der Waals surface area contributed by atoms with E-state index in [2.05, 4.69) is 32.2 Å². The minimum atomic E-state index is 0.443. The first-order valence-electron chi connectivity index (χ1n) is 5.69. The Labute approximate surface area is 97.8 Å². The van der Waals surface area contributed by atoms with Gasteiger partial charge in [-0.25, -0.2) is 0 Å². The second-order valence-corrected chi connectivity index (χ2v) is 4.26. The van der Waals surface area contributed by atoms with Crippen molar-refractivity contribution in [3.8, 4) is 0 Å². The smallest absolute Gasteiger partial charge is 0.0438 e. The minimum Gasteiger partial charge on any atom is -0.310 e. The third-order valence-corrected chi connectivity index (χ3v) is 3.12. The van der Waals surface area contributed by atoms with Gasteiger partial charge in [-0.1, -0.05) is 44.0 Å². The molecule has 0 spiro atoms. The molecule has 1 aromatic rings. The number of rotatable bonds is 5. The zero-order valence-electron chi connectivity index (χ0n) is 9.81. The molecule has 0 bridgehead atoms. The standard InChI is InChI=1S/C13H20ClN/c1-4-7-13(15-5-2)11-8-6-9-12(14)10(11)3/h6,8-9,13,15H,4-5,7H2,1-3H3. The van der Waals surface area contributed by atoms with Crippen molar-refractivity contribution in [3.63, 3.8) is 0 Å². The van der Waals surface area contributed by atoms with Crippen molar-refractivity contribution in [2.75, 3.05) is 6.54 Å². The van der Waals surface area contributed by atoms with Gasteiger partial charge < -0.3 is 5.32 Å². The van der Waals surface area contributed by atoms with E-state index in [1.165, 1.54) is 17.5 Å². The van der Waals surface area contributed by atoms with Crippen LogP contribution in [0.1, 0.15) is 43.9 Å². The number of benzene rings is 1. The van der Waals surface area contributed by atoms with Gasteiger partial charge in [0.2, 0.25) is 0 Å². The van der Waals surface area contributed by atoms with Crippen LogP contribution in [0.25, 0.3) is 0 Å². The van der Waals surface area contributed by atoms with Crippen LogP contribution in [-0.4, -0.2) is 6.54 Å². The molecule has 0 aliphatic carbocycles. The lowest BCUT2D eigenvalue weighted by atomic mass is 9.98. The van der Waals surface area contributed by atoms with Crippen LogP contribution in [0.5, 0.6) is 0 Å². The quantitative estimate of drug-likeness (QED) is 0.796. The Morgan fingerprint density at radius 1 is 1.33 bits per heavy atom. The van der Waals surface area contributed by atoms with E-state index >= 15 is 0 Å². The lowest BCUT2D eigenvalue weighted by Crippen LogP contribution is -2.21. The number of hydrogen-bond acceptors (Lipinski definition) is 1. The molecule has 0 aliphatic rings. The maximum absolute atomic E-state index is 6.13. The van der Waals surface area contributed by atoms with E-state index in [0.29, 0.717) is 6.04 Å². The van der Waals surface area contributed by atoms with Gasteiger partial charge in [-0.2, -0.15) is 0 Å². The van der Waals surface area contributed by atoms with E-state index in [4.69, 9.17) is 11.6 Å². The summed E-state index contributed by atoms with van der Waals surface area (Å²) in [6, 6.07) is 6.60. The highest BCUT2D eigenvalue weighted by molar-refractivity contribution is 6.31. The molecule has 15 heavy (non-hydrogen) atoms. The number of hydrogen-bond donors (Lipinski definition) is 1. The van der Waals surface area contributed by atoms with Gasteiger partial charge in [-0.3, -0.25) is 0 Å². The first-order valence-corrected chi connectivity index (χ1v) is 6.06. The molecule has 0 saturated heterocycles. The van der Waals surface area contributed by atoms with E-state index in [-0.39, 0.29) is 0 Å². The van der Waals surface area contributed by atoms with E-state index in [0.717, 1.165) is 18.0 Å². The Balaban J connectivity index is 2.94. The molecular weight excluding hydrogens is 206 g/mol. The average Bonchev–Trinajstić information content (AvgIpc) is 2.22. The summed E-state index contributed by atoms with van der Waals surface area (Å²) in [6.07, 6.45) is 2.35. The minimum absolute atomic E-state index is 0.443. The van der Waals surface area contributed by atoms with Crippen LogP contribution in [0.15, 0.2) is 18.2 Å². The summed E-state index contributed by atoms with van der Waals surface area (Å²) >= 11 is 6.13. The maximum Gasteiger partial charge on any atom is 0.0438 e. The Kier molecular flexibility index (Phi) is 5.13. The van der Waals surface area contributed by atoms with Gasteiger partial charge >= 0.3 is 0 Å². The van der Waals surface area contributed by atoms with Crippen LogP contribution in [0.3, 0.4) is 0 Å². The van der Waals surface area contributed by atoms with Crippen LogP contribution in [-0.2, 0) is 0 Å². The highest BCUT2D eigenvalue weighted by Crippen LogP contribution is 2.26. The van der Waals surface area contributed by atoms with E-state index < -0.39 is 0 Å². The third kappa shape index (κ3) is 3.22. The molecule has 0 aromatic heterocycles. The summed E-state index contributed by atoms with van der Waals surface area (Å²) in [6.45, 7) is 7.45. The first kappa shape index (κ1) is 12.5. The molecular formula is C13H20ClN. The lowest BCUT2D eigenvalue weighted by molar-refractivity contribution is 0.507. The van der Waals surface area contributed by atoms with Crippen molar-refractivity contribution in [3.05, 3.63) is 34.3 Å². The summed E-state index contributed by atoms with van der Waals surface area (Å²) in [5, 5.41) is 4.38. The summed E-state index contributed by atoms with van der Waals surface area (Å²) in [5.74, 6) is 0. The molecule has 0 heterocycles. The molecule has 0 aliphatic heterocycles. The molecule has 1 atom stereocenters. The molecule has 2 heteroatoms. The van der Waals surface area contributed by atoms with Gasteiger partial charge in [0.25, 0.3) is 0 Å². The molecule has 0 radical (unpaired) electrons. The maximum atomic E-state index is 6.13. The zero-order valence-corrected chi connectivity index (χ0v) is 10.6. The molecule has 1 N–H and O–H groups in total. The van der Waals surface area contributed by atoms with Gasteiger partial charge in [-0.05, 0) is 37.1 Å². The van der Waals surface area contributed by atoms with Crippen LogP contribution in [0, 0.1) is 6.92 Å². The highest BCUT2D eigenvalue weighted by atomic mass is 35.5. The van der Waals surface area contributed by atoms with Crippen molar-refractivity contribution in [1.29, 1.82) is 0 Å². The van der Waals surface area contributed by atoms with Crippen molar-refractivity contribution in [1.82, 2.24) is 5.32 Å². The van der Waals surface area contributed by atoms with Gasteiger partial charge in [0.05, 0.1) is 0 Å². The predicted octanol–water partition coefficient (Wildman–Crippen LogP) is 4.10. The fourth-order valence-corrected chi connectivity index (χ4v) is 2.09. The molecule has 84 valence electrons. The van der Waals surface area contributed by atoms with Gasteiger partial charge in [0.15, 0.2) is 0 Å². The second kappa shape index (κ2) is 6.14. The normalized spacial score (nSPS) is 12.8. The van der Waals surface area contributed by atoms with Gasteiger partial charge in [0, 0.05) is 11.1 Å². The lowest BCUT2D eigenvalue weighted by Gasteiger charge is -2.20. The van der Waals surface area contributed by atoms with Crippen molar-refractivity contribution >= 4 is 11.6 Å². The molecule has 1 unspecified atom stereocenters. The fraction of sp³-hybridized carbons (Fsp3) is 0.538. The second-order valence-electron chi connectivity index (χ2n) is 3.85. The zero-order chi connectivity index (χ0) is 11.3. The Bertz CT molecular complexity index is 303. The van der Waals surface area contributed by atoms with Crippen molar-refractivity contribution in [2.24, 2.45) is 0 Å².